The second kappa shape index (κ2) is 9.55. The highest BCUT2D eigenvalue weighted by atomic mass is 19.4. The van der Waals surface area contributed by atoms with Crippen LogP contribution in [0.25, 0.3) is 0 Å². The molecule has 0 bridgehead atoms. The van der Waals surface area contributed by atoms with Crippen LogP contribution in [0.1, 0.15) is 24.0 Å². The summed E-state index contributed by atoms with van der Waals surface area (Å²) in [5.41, 5.74) is -0.437. The molecule has 1 fully saturated rings. The Morgan fingerprint density at radius 3 is 2.24 bits per heavy atom. The standard InChI is InChI=1S/C19H26F3N3O4/c1-24-9-7-14(8-10-24)25(2)18(29)16(27)15(26)17(28)23-11-12-3-5-13(6-4-12)19(20,21)22/h3-6,14-16,26-27H,7-11H2,1-2H3,(H,23,28)/t15-,16-/m1/s1. The fraction of sp³-hybridized carbons (Fsp3) is 0.579. The van der Waals surface area contributed by atoms with Gasteiger partial charge < -0.3 is 25.3 Å². The summed E-state index contributed by atoms with van der Waals surface area (Å²) in [5, 5.41) is 22.4. The van der Waals surface area contributed by atoms with Crippen molar-refractivity contribution in [2.24, 2.45) is 0 Å². The van der Waals surface area contributed by atoms with Crippen molar-refractivity contribution in [1.82, 2.24) is 15.1 Å². The molecular weight excluding hydrogens is 391 g/mol. The largest absolute Gasteiger partial charge is 0.416 e. The molecule has 162 valence electrons. The summed E-state index contributed by atoms with van der Waals surface area (Å²) in [6.45, 7) is 1.45. The first-order valence-corrected chi connectivity index (χ1v) is 9.26. The lowest BCUT2D eigenvalue weighted by atomic mass is 10.0. The van der Waals surface area contributed by atoms with E-state index in [0.29, 0.717) is 5.56 Å². The van der Waals surface area contributed by atoms with Gasteiger partial charge in [0.15, 0.2) is 12.2 Å². The third-order valence-electron chi connectivity index (χ3n) is 5.15. The average Bonchev–Trinajstić information content (AvgIpc) is 2.70. The quantitative estimate of drug-likeness (QED) is 0.630. The van der Waals surface area contributed by atoms with Crippen LogP contribution in [0.3, 0.4) is 0 Å². The maximum absolute atomic E-state index is 12.6. The number of nitrogens with one attached hydrogen (secondary N) is 1. The fourth-order valence-electron chi connectivity index (χ4n) is 3.15. The van der Waals surface area contributed by atoms with Crippen molar-refractivity contribution in [2.75, 3.05) is 27.2 Å². The van der Waals surface area contributed by atoms with Gasteiger partial charge in [0, 0.05) is 19.6 Å². The number of likely N-dealkylation sites (N-methyl/N-ethyl adjacent to an activating group) is 1. The molecule has 2 atom stereocenters. The summed E-state index contributed by atoms with van der Waals surface area (Å²) >= 11 is 0. The Balaban J connectivity index is 1.87. The molecule has 1 heterocycles. The van der Waals surface area contributed by atoms with E-state index in [2.05, 4.69) is 10.2 Å². The van der Waals surface area contributed by atoms with Crippen molar-refractivity contribution in [2.45, 2.75) is 43.8 Å². The number of likely N-dealkylation sites (tertiary alicyclic amines) is 1. The van der Waals surface area contributed by atoms with E-state index in [1.165, 1.54) is 24.1 Å². The third kappa shape index (κ3) is 6.15. The third-order valence-corrected chi connectivity index (χ3v) is 5.15. The molecule has 0 spiro atoms. The number of amides is 2. The average molecular weight is 417 g/mol. The number of piperidine rings is 1. The molecule has 1 saturated heterocycles. The number of nitrogens with zero attached hydrogens (tertiary/aromatic N) is 2. The van der Waals surface area contributed by atoms with Gasteiger partial charge in [-0.2, -0.15) is 13.2 Å². The van der Waals surface area contributed by atoms with Gasteiger partial charge in [0.05, 0.1) is 5.56 Å². The van der Waals surface area contributed by atoms with Crippen LogP contribution in [0.2, 0.25) is 0 Å². The molecule has 0 unspecified atom stereocenters. The van der Waals surface area contributed by atoms with Gasteiger partial charge in [-0.3, -0.25) is 9.59 Å². The summed E-state index contributed by atoms with van der Waals surface area (Å²) in [6.07, 6.45) is -6.91. The second-order valence-corrected chi connectivity index (χ2v) is 7.29. The van der Waals surface area contributed by atoms with Crippen molar-refractivity contribution >= 4 is 11.8 Å². The minimum atomic E-state index is -4.46. The zero-order valence-corrected chi connectivity index (χ0v) is 16.3. The van der Waals surface area contributed by atoms with Gasteiger partial charge in [0.2, 0.25) is 0 Å². The van der Waals surface area contributed by atoms with Crippen molar-refractivity contribution in [3.05, 3.63) is 35.4 Å². The molecule has 3 N–H and O–H groups in total. The number of aliphatic hydroxyl groups is 2. The number of alkyl halides is 3. The Bertz CT molecular complexity index is 704. The SMILES string of the molecule is CN1CCC(N(C)C(=O)[C@H](O)[C@@H](O)C(=O)NCc2ccc(C(F)(F)F)cc2)CC1. The molecule has 1 aromatic rings. The highest BCUT2D eigenvalue weighted by molar-refractivity contribution is 5.90. The minimum absolute atomic E-state index is 0.0873. The first-order valence-electron chi connectivity index (χ1n) is 9.26. The van der Waals surface area contributed by atoms with Gasteiger partial charge in [0.25, 0.3) is 11.8 Å². The number of aliphatic hydroxyl groups excluding tert-OH is 2. The van der Waals surface area contributed by atoms with Gasteiger partial charge >= 0.3 is 6.18 Å². The van der Waals surface area contributed by atoms with Crippen molar-refractivity contribution in [1.29, 1.82) is 0 Å². The Morgan fingerprint density at radius 1 is 1.17 bits per heavy atom. The van der Waals surface area contributed by atoms with E-state index >= 15 is 0 Å². The molecule has 0 radical (unpaired) electrons. The number of rotatable bonds is 6. The molecule has 0 saturated carbocycles. The maximum atomic E-state index is 12.6. The van der Waals surface area contributed by atoms with E-state index in [1.54, 1.807) is 0 Å². The van der Waals surface area contributed by atoms with E-state index in [1.807, 2.05) is 7.05 Å². The topological polar surface area (TPSA) is 93.1 Å². The van der Waals surface area contributed by atoms with Crippen LogP contribution >= 0.6 is 0 Å². The van der Waals surface area contributed by atoms with Crippen LogP contribution in [0.5, 0.6) is 0 Å². The normalized spacial score (nSPS) is 18.2. The molecule has 7 nitrogen and oxygen atoms in total. The smallest absolute Gasteiger partial charge is 0.380 e. The Hall–Kier alpha value is -2.17. The summed E-state index contributed by atoms with van der Waals surface area (Å²) < 4.78 is 37.7. The molecule has 1 aliphatic rings. The molecule has 0 aromatic heterocycles. The molecular formula is C19H26F3N3O4. The molecule has 2 amide bonds. The lowest BCUT2D eigenvalue weighted by Gasteiger charge is -2.36. The number of carbonyl (C=O) groups is 2. The monoisotopic (exact) mass is 417 g/mol. The van der Waals surface area contributed by atoms with E-state index < -0.39 is 35.8 Å². The van der Waals surface area contributed by atoms with E-state index in [4.69, 9.17) is 0 Å². The van der Waals surface area contributed by atoms with Gasteiger partial charge in [-0.15, -0.1) is 0 Å². The number of hydrogen-bond acceptors (Lipinski definition) is 5. The predicted molar refractivity (Wildman–Crippen MR) is 98.6 cm³/mol. The van der Waals surface area contributed by atoms with Crippen LogP contribution in [-0.4, -0.2) is 77.3 Å². The van der Waals surface area contributed by atoms with Gasteiger partial charge in [-0.1, -0.05) is 12.1 Å². The summed E-state index contributed by atoms with van der Waals surface area (Å²) in [4.78, 5) is 27.9. The van der Waals surface area contributed by atoms with Crippen molar-refractivity contribution < 1.29 is 33.0 Å². The van der Waals surface area contributed by atoms with Gasteiger partial charge in [0.1, 0.15) is 0 Å². The van der Waals surface area contributed by atoms with E-state index in [0.717, 1.165) is 38.1 Å². The summed E-state index contributed by atoms with van der Waals surface area (Å²) in [6, 6.07) is 4.08. The molecule has 1 aliphatic heterocycles. The van der Waals surface area contributed by atoms with Crippen LogP contribution < -0.4 is 5.32 Å². The first-order chi connectivity index (χ1) is 13.5. The number of halogens is 3. The highest BCUT2D eigenvalue weighted by Crippen LogP contribution is 2.29. The van der Waals surface area contributed by atoms with Crippen LogP contribution in [0, 0.1) is 0 Å². The molecule has 2 rings (SSSR count). The lowest BCUT2D eigenvalue weighted by molar-refractivity contribution is -0.154. The van der Waals surface area contributed by atoms with Crippen LogP contribution in [0.15, 0.2) is 24.3 Å². The molecule has 1 aromatic carbocycles. The highest BCUT2D eigenvalue weighted by Gasteiger charge is 2.35. The second-order valence-electron chi connectivity index (χ2n) is 7.29. The lowest BCUT2D eigenvalue weighted by Crippen LogP contribution is -2.53. The van der Waals surface area contributed by atoms with Crippen molar-refractivity contribution in [3.8, 4) is 0 Å². The van der Waals surface area contributed by atoms with E-state index in [-0.39, 0.29) is 12.6 Å². The van der Waals surface area contributed by atoms with E-state index in [9.17, 15) is 33.0 Å². The zero-order valence-electron chi connectivity index (χ0n) is 16.3. The van der Waals surface area contributed by atoms with Gasteiger partial charge in [-0.25, -0.2) is 0 Å². The zero-order chi connectivity index (χ0) is 21.8. The Labute approximate surface area is 167 Å². The summed E-state index contributed by atoms with van der Waals surface area (Å²) in [7, 11) is 3.49. The van der Waals surface area contributed by atoms with Gasteiger partial charge in [-0.05, 0) is 50.7 Å². The number of carbonyl (C=O) groups excluding carboxylic acids is 2. The predicted octanol–water partition coefficient (Wildman–Crippen LogP) is 0.596. The maximum Gasteiger partial charge on any atom is 0.416 e. The fourth-order valence-corrected chi connectivity index (χ4v) is 3.15. The molecule has 29 heavy (non-hydrogen) atoms. The number of benzene rings is 1. The number of hydrogen-bond donors (Lipinski definition) is 3. The minimum Gasteiger partial charge on any atom is -0.380 e. The van der Waals surface area contributed by atoms with Crippen molar-refractivity contribution in [3.63, 3.8) is 0 Å². The molecule has 0 aliphatic carbocycles. The first kappa shape index (κ1) is 23.1. The van der Waals surface area contributed by atoms with Crippen LogP contribution in [-0.2, 0) is 22.3 Å². The van der Waals surface area contributed by atoms with Crippen LogP contribution in [0.4, 0.5) is 13.2 Å². The molecule has 10 heteroatoms. The summed E-state index contributed by atoms with van der Waals surface area (Å²) in [5.74, 6) is -1.74. The Morgan fingerprint density at radius 2 is 1.72 bits per heavy atom. The Kier molecular flexibility index (Phi) is 7.61.